The van der Waals surface area contributed by atoms with Gasteiger partial charge in [0.05, 0.1) is 27.2 Å². The number of para-hydroxylation sites is 1. The molecule has 0 spiro atoms. The van der Waals surface area contributed by atoms with E-state index in [2.05, 4.69) is 4.98 Å². The minimum absolute atomic E-state index is 0.0221. The van der Waals surface area contributed by atoms with Crippen molar-refractivity contribution >= 4 is 29.0 Å². The van der Waals surface area contributed by atoms with Gasteiger partial charge in [-0.1, -0.05) is 12.1 Å². The van der Waals surface area contributed by atoms with Crippen molar-refractivity contribution in [3.05, 3.63) is 61.6 Å². The summed E-state index contributed by atoms with van der Waals surface area (Å²) in [5, 5.41) is 12.0. The number of hydrogen-bond donors (Lipinski definition) is 0. The van der Waals surface area contributed by atoms with Crippen molar-refractivity contribution in [1.82, 2.24) is 9.88 Å². The van der Waals surface area contributed by atoms with E-state index in [4.69, 9.17) is 0 Å². The Bertz CT molecular complexity index is 798. The zero-order valence-electron chi connectivity index (χ0n) is 14.0. The number of amides is 1. The topological polar surface area (TPSA) is 76.3 Å². The number of rotatable bonds is 5. The van der Waals surface area contributed by atoms with Gasteiger partial charge in [0.2, 0.25) is 5.91 Å². The SMILES string of the molecule is Cc1nc(C)c(C(C)N(C)C(=O)/C=C/c2ccccc2[N+](=O)[O-])s1. The fraction of sp³-hybridized carbons (Fsp3) is 0.294. The maximum atomic E-state index is 12.4. The number of hydrogen-bond acceptors (Lipinski definition) is 5. The minimum Gasteiger partial charge on any atom is -0.335 e. The van der Waals surface area contributed by atoms with Crippen molar-refractivity contribution in [2.45, 2.75) is 26.8 Å². The molecule has 1 aromatic heterocycles. The first-order chi connectivity index (χ1) is 11.3. The normalized spacial score (nSPS) is 12.3. The number of carbonyl (C=O) groups excluding carboxylic acids is 1. The number of aryl methyl sites for hydroxylation is 2. The second-order valence-electron chi connectivity index (χ2n) is 5.46. The number of nitro benzene ring substituents is 1. The van der Waals surface area contributed by atoms with Gasteiger partial charge in [-0.05, 0) is 32.9 Å². The summed E-state index contributed by atoms with van der Waals surface area (Å²) in [5.41, 5.74) is 1.31. The zero-order chi connectivity index (χ0) is 17.9. The van der Waals surface area contributed by atoms with Gasteiger partial charge >= 0.3 is 0 Å². The monoisotopic (exact) mass is 345 g/mol. The van der Waals surface area contributed by atoms with Gasteiger partial charge in [-0.3, -0.25) is 14.9 Å². The average molecular weight is 345 g/mol. The molecule has 6 nitrogen and oxygen atoms in total. The van der Waals surface area contributed by atoms with E-state index in [0.29, 0.717) is 5.56 Å². The summed E-state index contributed by atoms with van der Waals surface area (Å²) in [4.78, 5) is 30.0. The third kappa shape index (κ3) is 3.86. The molecule has 2 aromatic rings. The molecule has 24 heavy (non-hydrogen) atoms. The number of thiazole rings is 1. The van der Waals surface area contributed by atoms with Crippen LogP contribution in [-0.2, 0) is 4.79 Å². The molecule has 0 saturated heterocycles. The highest BCUT2D eigenvalue weighted by atomic mass is 32.1. The summed E-state index contributed by atoms with van der Waals surface area (Å²) in [6, 6.07) is 6.22. The van der Waals surface area contributed by atoms with Crippen LogP contribution >= 0.6 is 11.3 Å². The van der Waals surface area contributed by atoms with Gasteiger partial charge in [-0.2, -0.15) is 0 Å². The van der Waals surface area contributed by atoms with Crippen LogP contribution in [0.25, 0.3) is 6.08 Å². The van der Waals surface area contributed by atoms with Crippen LogP contribution in [0.4, 0.5) is 5.69 Å². The number of nitro groups is 1. The van der Waals surface area contributed by atoms with Crippen molar-refractivity contribution in [3.8, 4) is 0 Å². The molecule has 0 N–H and O–H groups in total. The average Bonchev–Trinajstić information content (AvgIpc) is 2.89. The largest absolute Gasteiger partial charge is 0.335 e. The summed E-state index contributed by atoms with van der Waals surface area (Å²) in [5.74, 6) is -0.217. The van der Waals surface area contributed by atoms with Gasteiger partial charge in [0.1, 0.15) is 0 Å². The van der Waals surface area contributed by atoms with E-state index >= 15 is 0 Å². The van der Waals surface area contributed by atoms with Crippen LogP contribution in [0, 0.1) is 24.0 Å². The summed E-state index contributed by atoms with van der Waals surface area (Å²) >= 11 is 1.57. The first-order valence-corrected chi connectivity index (χ1v) is 8.25. The Labute approximate surface area is 144 Å². The molecule has 1 aromatic carbocycles. The van der Waals surface area contributed by atoms with Crippen molar-refractivity contribution in [1.29, 1.82) is 0 Å². The van der Waals surface area contributed by atoms with Gasteiger partial charge in [0.25, 0.3) is 5.69 Å². The number of likely N-dealkylation sites (N-methyl/N-ethyl adjacent to an activating group) is 1. The Morgan fingerprint density at radius 2 is 2.04 bits per heavy atom. The lowest BCUT2D eigenvalue weighted by Crippen LogP contribution is -2.27. The van der Waals surface area contributed by atoms with E-state index < -0.39 is 4.92 Å². The standard InChI is InChI=1S/C17H19N3O3S/c1-11-17(24-13(3)18-11)12(2)19(4)16(21)10-9-14-7-5-6-8-15(14)20(22)23/h5-10,12H,1-4H3/b10-9+. The van der Waals surface area contributed by atoms with Gasteiger partial charge in [0.15, 0.2) is 0 Å². The predicted molar refractivity (Wildman–Crippen MR) is 94.9 cm³/mol. The lowest BCUT2D eigenvalue weighted by Gasteiger charge is -2.23. The lowest BCUT2D eigenvalue weighted by atomic mass is 10.1. The van der Waals surface area contributed by atoms with Crippen molar-refractivity contribution < 1.29 is 9.72 Å². The maximum absolute atomic E-state index is 12.4. The third-order valence-electron chi connectivity index (χ3n) is 3.79. The molecule has 0 aliphatic carbocycles. The molecule has 2 rings (SSSR count). The highest BCUT2D eigenvalue weighted by molar-refractivity contribution is 7.11. The second kappa shape index (κ2) is 7.35. The van der Waals surface area contributed by atoms with Crippen LogP contribution in [0.5, 0.6) is 0 Å². The van der Waals surface area contributed by atoms with Crippen LogP contribution in [-0.4, -0.2) is 27.8 Å². The van der Waals surface area contributed by atoms with Crippen molar-refractivity contribution in [3.63, 3.8) is 0 Å². The molecule has 1 heterocycles. The lowest BCUT2D eigenvalue weighted by molar-refractivity contribution is -0.385. The fourth-order valence-electron chi connectivity index (χ4n) is 2.37. The molecule has 0 aliphatic rings. The summed E-state index contributed by atoms with van der Waals surface area (Å²) in [7, 11) is 1.71. The molecule has 0 aliphatic heterocycles. The van der Waals surface area contributed by atoms with E-state index in [1.165, 1.54) is 18.2 Å². The smallest absolute Gasteiger partial charge is 0.276 e. The molecule has 1 unspecified atom stereocenters. The quantitative estimate of drug-likeness (QED) is 0.468. The van der Waals surface area contributed by atoms with E-state index in [-0.39, 0.29) is 17.6 Å². The zero-order valence-corrected chi connectivity index (χ0v) is 14.8. The van der Waals surface area contributed by atoms with Crippen molar-refractivity contribution in [2.24, 2.45) is 0 Å². The van der Waals surface area contributed by atoms with E-state index in [9.17, 15) is 14.9 Å². The fourth-order valence-corrected chi connectivity index (χ4v) is 3.40. The van der Waals surface area contributed by atoms with Crippen LogP contribution in [0.1, 0.15) is 34.1 Å². The molecule has 0 radical (unpaired) electrons. The van der Waals surface area contributed by atoms with Gasteiger partial charge in [-0.15, -0.1) is 11.3 Å². The Morgan fingerprint density at radius 1 is 1.38 bits per heavy atom. The minimum atomic E-state index is -0.458. The Kier molecular flexibility index (Phi) is 5.46. The van der Waals surface area contributed by atoms with E-state index in [1.54, 1.807) is 41.5 Å². The van der Waals surface area contributed by atoms with Gasteiger partial charge in [-0.25, -0.2) is 4.98 Å². The molecule has 1 atom stereocenters. The van der Waals surface area contributed by atoms with Crippen LogP contribution in [0.15, 0.2) is 30.3 Å². The molecule has 7 heteroatoms. The third-order valence-corrected chi connectivity index (χ3v) is 5.03. The van der Waals surface area contributed by atoms with Gasteiger partial charge < -0.3 is 4.90 Å². The van der Waals surface area contributed by atoms with Crippen LogP contribution in [0.3, 0.4) is 0 Å². The molecule has 1 amide bonds. The number of aromatic nitrogens is 1. The van der Waals surface area contributed by atoms with Crippen molar-refractivity contribution in [2.75, 3.05) is 7.05 Å². The van der Waals surface area contributed by atoms with Crippen LogP contribution < -0.4 is 0 Å². The summed E-state index contributed by atoms with van der Waals surface area (Å²) in [6.45, 7) is 5.80. The maximum Gasteiger partial charge on any atom is 0.276 e. The molecule has 0 saturated carbocycles. The van der Waals surface area contributed by atoms with E-state index in [1.807, 2.05) is 20.8 Å². The van der Waals surface area contributed by atoms with E-state index in [0.717, 1.165) is 15.6 Å². The summed E-state index contributed by atoms with van der Waals surface area (Å²) < 4.78 is 0. The number of benzene rings is 1. The first-order valence-electron chi connectivity index (χ1n) is 7.43. The first kappa shape index (κ1) is 17.8. The number of carbonyl (C=O) groups is 1. The molecule has 0 bridgehead atoms. The Hall–Kier alpha value is -2.54. The molecular weight excluding hydrogens is 326 g/mol. The van der Waals surface area contributed by atoms with Gasteiger partial charge in [0, 0.05) is 24.1 Å². The number of nitrogens with zero attached hydrogens (tertiary/aromatic N) is 3. The molecule has 0 fully saturated rings. The Morgan fingerprint density at radius 3 is 2.62 bits per heavy atom. The predicted octanol–water partition coefficient (Wildman–Crippen LogP) is 3.90. The molecular formula is C17H19N3O3S. The second-order valence-corrected chi connectivity index (χ2v) is 6.69. The highest BCUT2D eigenvalue weighted by Gasteiger charge is 2.20. The Balaban J connectivity index is 2.17. The summed E-state index contributed by atoms with van der Waals surface area (Å²) in [6.07, 6.45) is 2.84. The highest BCUT2D eigenvalue weighted by Crippen LogP contribution is 2.28. The van der Waals surface area contributed by atoms with Crippen LogP contribution in [0.2, 0.25) is 0 Å². The molecule has 126 valence electrons.